The number of pyridine rings is 1. The summed E-state index contributed by atoms with van der Waals surface area (Å²) in [6, 6.07) is 28.9. The largest absolute Gasteiger partial charge is 0.432 e. The summed E-state index contributed by atoms with van der Waals surface area (Å²) >= 11 is 3.39. The first-order chi connectivity index (χ1) is 15.1. The highest BCUT2D eigenvalue weighted by Gasteiger charge is 2.24. The molecular formula is C26H17BrN2O2. The van der Waals surface area contributed by atoms with E-state index in [1.54, 1.807) is 12.1 Å². The van der Waals surface area contributed by atoms with Crippen LogP contribution in [0.5, 0.6) is 0 Å². The molecular weight excluding hydrogens is 452 g/mol. The maximum atomic E-state index is 13.1. The van der Waals surface area contributed by atoms with Crippen LogP contribution in [0.3, 0.4) is 0 Å². The second-order valence-corrected chi connectivity index (χ2v) is 8.06. The molecule has 0 aliphatic rings. The van der Waals surface area contributed by atoms with Crippen molar-refractivity contribution in [1.29, 1.82) is 0 Å². The van der Waals surface area contributed by atoms with Crippen molar-refractivity contribution in [3.05, 3.63) is 107 Å². The van der Waals surface area contributed by atoms with Gasteiger partial charge < -0.3 is 10.2 Å². The Hall–Kier alpha value is -3.70. The molecule has 5 aromatic rings. The summed E-state index contributed by atoms with van der Waals surface area (Å²) in [5.74, 6) is -0.171. The van der Waals surface area contributed by atoms with Crippen molar-refractivity contribution in [2.75, 3.05) is 5.73 Å². The van der Waals surface area contributed by atoms with Gasteiger partial charge in [0.05, 0.1) is 16.8 Å². The number of carbonyl (C=O) groups excluding carboxylic acids is 1. The molecule has 3 aromatic carbocycles. The minimum atomic E-state index is -0.275. The molecule has 150 valence electrons. The fraction of sp³-hybridized carbons (Fsp3) is 0. The lowest BCUT2D eigenvalue weighted by Crippen LogP contribution is -2.02. The first kappa shape index (κ1) is 19.3. The number of furan rings is 1. The summed E-state index contributed by atoms with van der Waals surface area (Å²) < 4.78 is 6.86. The minimum absolute atomic E-state index is 0.104. The lowest BCUT2D eigenvalue weighted by atomic mass is 9.99. The third-order valence-corrected chi connectivity index (χ3v) is 5.69. The Kier molecular flexibility index (Phi) is 4.88. The number of ketones is 1. The smallest absolute Gasteiger partial charge is 0.230 e. The van der Waals surface area contributed by atoms with Gasteiger partial charge in [-0.25, -0.2) is 4.98 Å². The molecule has 0 aliphatic heterocycles. The Morgan fingerprint density at radius 1 is 0.839 bits per heavy atom. The highest BCUT2D eigenvalue weighted by atomic mass is 79.9. The van der Waals surface area contributed by atoms with Gasteiger partial charge in [0.15, 0.2) is 0 Å². The number of hydrogen-bond donors (Lipinski definition) is 1. The first-order valence-electron chi connectivity index (χ1n) is 9.76. The molecule has 0 atom stereocenters. The van der Waals surface area contributed by atoms with E-state index in [2.05, 4.69) is 15.9 Å². The minimum Gasteiger partial charge on any atom is -0.432 e. The normalized spacial score (nSPS) is 11.0. The molecule has 0 unspecified atom stereocenters. The van der Waals surface area contributed by atoms with Gasteiger partial charge in [0, 0.05) is 15.6 Å². The molecule has 4 nitrogen and oxygen atoms in total. The van der Waals surface area contributed by atoms with Crippen LogP contribution in [0.15, 0.2) is 99.9 Å². The number of carbonyl (C=O) groups is 1. The van der Waals surface area contributed by atoms with Gasteiger partial charge in [0.1, 0.15) is 0 Å². The van der Waals surface area contributed by atoms with Crippen molar-refractivity contribution in [1.82, 2.24) is 4.98 Å². The topological polar surface area (TPSA) is 69.1 Å². The first-order valence-corrected chi connectivity index (χ1v) is 10.6. The lowest BCUT2D eigenvalue weighted by Gasteiger charge is -2.07. The maximum absolute atomic E-state index is 13.1. The second kappa shape index (κ2) is 7.85. The van der Waals surface area contributed by atoms with Gasteiger partial charge >= 0.3 is 0 Å². The Morgan fingerprint density at radius 2 is 1.45 bits per heavy atom. The van der Waals surface area contributed by atoms with Gasteiger partial charge in [-0.1, -0.05) is 76.6 Å². The highest BCUT2D eigenvalue weighted by Crippen LogP contribution is 2.39. The number of hydrogen-bond acceptors (Lipinski definition) is 4. The Labute approximate surface area is 187 Å². The Morgan fingerprint density at radius 3 is 2.10 bits per heavy atom. The summed E-state index contributed by atoms with van der Waals surface area (Å²) in [6.45, 7) is 0. The molecule has 0 spiro atoms. The van der Waals surface area contributed by atoms with Gasteiger partial charge in [0.2, 0.25) is 17.3 Å². The van der Waals surface area contributed by atoms with E-state index < -0.39 is 0 Å². The maximum Gasteiger partial charge on any atom is 0.230 e. The van der Waals surface area contributed by atoms with Crippen molar-refractivity contribution >= 4 is 38.5 Å². The summed E-state index contributed by atoms with van der Waals surface area (Å²) in [7, 11) is 0. The van der Waals surface area contributed by atoms with Gasteiger partial charge in [-0.15, -0.1) is 0 Å². The quantitative estimate of drug-likeness (QED) is 0.296. The lowest BCUT2D eigenvalue weighted by molar-refractivity contribution is 0.101. The number of nitrogen functional groups attached to an aromatic ring is 1. The predicted octanol–water partition coefficient (Wildman–Crippen LogP) is 6.74. The standard InChI is InChI=1S/C26H17BrN2O2/c27-19-13-11-18(12-14-19)24(30)25-23(28)22-20(16-7-3-1-4-8-16)15-21(29-26(22)31-25)17-9-5-2-6-10-17/h1-15H,28H2. The number of fused-ring (bicyclic) bond motifs is 1. The van der Waals surface area contributed by atoms with E-state index in [-0.39, 0.29) is 11.5 Å². The van der Waals surface area contributed by atoms with Crippen molar-refractivity contribution in [2.24, 2.45) is 0 Å². The number of anilines is 1. The van der Waals surface area contributed by atoms with Gasteiger partial charge in [-0.3, -0.25) is 4.79 Å². The summed E-state index contributed by atoms with van der Waals surface area (Å²) in [5.41, 5.74) is 11.2. The van der Waals surface area contributed by atoms with E-state index in [0.29, 0.717) is 22.4 Å². The molecule has 5 rings (SSSR count). The fourth-order valence-electron chi connectivity index (χ4n) is 3.62. The predicted molar refractivity (Wildman–Crippen MR) is 127 cm³/mol. The zero-order chi connectivity index (χ0) is 21.4. The molecule has 2 heterocycles. The molecule has 0 aliphatic carbocycles. The Bertz CT molecular complexity index is 1390. The average Bonchev–Trinajstić information content (AvgIpc) is 3.16. The van der Waals surface area contributed by atoms with Crippen LogP contribution >= 0.6 is 15.9 Å². The number of halogens is 1. The molecule has 2 aromatic heterocycles. The fourth-order valence-corrected chi connectivity index (χ4v) is 3.89. The number of nitrogens with two attached hydrogens (primary N) is 1. The number of nitrogens with zero attached hydrogens (tertiary/aromatic N) is 1. The summed E-state index contributed by atoms with van der Waals surface area (Å²) in [4.78, 5) is 17.8. The molecule has 0 amide bonds. The van der Waals surface area contributed by atoms with Gasteiger partial charge in [0.25, 0.3) is 0 Å². The van der Waals surface area contributed by atoms with E-state index >= 15 is 0 Å². The van der Waals surface area contributed by atoms with Crippen LogP contribution in [0.1, 0.15) is 16.1 Å². The number of rotatable bonds is 4. The van der Waals surface area contributed by atoms with Crippen LogP contribution in [0.2, 0.25) is 0 Å². The third kappa shape index (κ3) is 3.53. The van der Waals surface area contributed by atoms with Crippen LogP contribution in [0, 0.1) is 0 Å². The van der Waals surface area contributed by atoms with Gasteiger partial charge in [-0.2, -0.15) is 0 Å². The molecule has 2 N–H and O–H groups in total. The SMILES string of the molecule is Nc1c(C(=O)c2ccc(Br)cc2)oc2nc(-c3ccccc3)cc(-c3ccccc3)c12. The molecule has 0 fully saturated rings. The zero-order valence-corrected chi connectivity index (χ0v) is 18.0. The van der Waals surface area contributed by atoms with Gasteiger partial charge in [-0.05, 0) is 41.5 Å². The van der Waals surface area contributed by atoms with Crippen molar-refractivity contribution in [2.45, 2.75) is 0 Å². The zero-order valence-electron chi connectivity index (χ0n) is 16.4. The summed E-state index contributed by atoms with van der Waals surface area (Å²) in [5, 5.41) is 0.645. The molecule has 5 heteroatoms. The highest BCUT2D eigenvalue weighted by molar-refractivity contribution is 9.10. The third-order valence-electron chi connectivity index (χ3n) is 5.17. The van der Waals surface area contributed by atoms with Crippen LogP contribution in [0.4, 0.5) is 5.69 Å². The molecule has 0 radical (unpaired) electrons. The van der Waals surface area contributed by atoms with E-state index in [1.165, 1.54) is 0 Å². The molecule has 31 heavy (non-hydrogen) atoms. The molecule has 0 saturated carbocycles. The van der Waals surface area contributed by atoms with Crippen molar-refractivity contribution in [3.63, 3.8) is 0 Å². The van der Waals surface area contributed by atoms with E-state index in [9.17, 15) is 4.79 Å². The van der Waals surface area contributed by atoms with Crippen LogP contribution < -0.4 is 5.73 Å². The van der Waals surface area contributed by atoms with Crippen molar-refractivity contribution < 1.29 is 9.21 Å². The average molecular weight is 469 g/mol. The monoisotopic (exact) mass is 468 g/mol. The summed E-state index contributed by atoms with van der Waals surface area (Å²) in [6.07, 6.45) is 0. The molecule has 0 bridgehead atoms. The van der Waals surface area contributed by atoms with Crippen molar-refractivity contribution in [3.8, 4) is 22.4 Å². The number of benzene rings is 3. The Balaban J connectivity index is 1.75. The van der Waals surface area contributed by atoms with E-state index in [4.69, 9.17) is 15.1 Å². The van der Waals surface area contributed by atoms with Crippen LogP contribution in [-0.4, -0.2) is 10.8 Å². The molecule has 0 saturated heterocycles. The number of aromatic nitrogens is 1. The van der Waals surface area contributed by atoms with E-state index in [1.807, 2.05) is 78.9 Å². The van der Waals surface area contributed by atoms with Crippen LogP contribution in [-0.2, 0) is 0 Å². The van der Waals surface area contributed by atoms with Crippen LogP contribution in [0.25, 0.3) is 33.5 Å². The van der Waals surface area contributed by atoms with E-state index in [0.717, 1.165) is 26.9 Å². The second-order valence-electron chi connectivity index (χ2n) is 7.15.